The molecule has 2 aromatic rings. The zero-order valence-electron chi connectivity index (χ0n) is 13.1. The van der Waals surface area contributed by atoms with Crippen LogP contribution >= 0.6 is 0 Å². The summed E-state index contributed by atoms with van der Waals surface area (Å²) >= 11 is 0. The van der Waals surface area contributed by atoms with E-state index in [0.29, 0.717) is 0 Å². The molecule has 2 N–H and O–H groups in total. The van der Waals surface area contributed by atoms with Crippen LogP contribution in [0, 0.1) is 27.7 Å². The Hall–Kier alpha value is -2.29. The van der Waals surface area contributed by atoms with Gasteiger partial charge < -0.3 is 10.6 Å². The quantitative estimate of drug-likeness (QED) is 0.891. The third kappa shape index (κ3) is 4.09. The lowest BCUT2D eigenvalue weighted by molar-refractivity contribution is -0.114. The lowest BCUT2D eigenvalue weighted by Crippen LogP contribution is -2.22. The highest BCUT2D eigenvalue weighted by Gasteiger charge is 2.08. The van der Waals surface area contributed by atoms with E-state index in [4.69, 9.17) is 0 Å². The van der Waals surface area contributed by atoms with E-state index < -0.39 is 0 Å². The third-order valence-electron chi connectivity index (χ3n) is 3.41. The van der Waals surface area contributed by atoms with E-state index in [1.807, 2.05) is 45.0 Å². The van der Waals surface area contributed by atoms with Crippen LogP contribution in [0.25, 0.3) is 0 Å². The molecule has 0 atom stereocenters. The fourth-order valence-electron chi connectivity index (χ4n) is 2.50. The zero-order chi connectivity index (χ0) is 15.4. The molecule has 0 bridgehead atoms. The molecule has 3 heteroatoms. The van der Waals surface area contributed by atoms with Gasteiger partial charge in [0.25, 0.3) is 0 Å². The first-order chi connectivity index (χ1) is 9.95. The number of carbonyl (C=O) groups is 1. The Bertz CT molecular complexity index is 639. The van der Waals surface area contributed by atoms with Gasteiger partial charge in [0.2, 0.25) is 5.91 Å². The van der Waals surface area contributed by atoms with Crippen LogP contribution in [0.15, 0.2) is 36.4 Å². The fourth-order valence-corrected chi connectivity index (χ4v) is 2.50. The molecule has 2 aromatic carbocycles. The summed E-state index contributed by atoms with van der Waals surface area (Å²) in [6, 6.07) is 12.2. The summed E-state index contributed by atoms with van der Waals surface area (Å²) in [6.45, 7) is 8.39. The fraction of sp³-hybridized carbons (Fsp3) is 0.278. The second-order valence-electron chi connectivity index (χ2n) is 5.54. The zero-order valence-corrected chi connectivity index (χ0v) is 13.1. The van der Waals surface area contributed by atoms with E-state index in [9.17, 15) is 4.79 Å². The van der Waals surface area contributed by atoms with Crippen molar-refractivity contribution in [1.29, 1.82) is 0 Å². The number of anilines is 2. The van der Waals surface area contributed by atoms with Gasteiger partial charge in [0.05, 0.1) is 6.54 Å². The van der Waals surface area contributed by atoms with Crippen LogP contribution in [0.2, 0.25) is 0 Å². The molecule has 2 rings (SSSR count). The van der Waals surface area contributed by atoms with Crippen LogP contribution in [0.4, 0.5) is 11.4 Å². The van der Waals surface area contributed by atoms with Gasteiger partial charge >= 0.3 is 0 Å². The summed E-state index contributed by atoms with van der Waals surface area (Å²) in [5.74, 6) is -0.0356. The number of aryl methyl sites for hydroxylation is 4. The van der Waals surface area contributed by atoms with Crippen molar-refractivity contribution < 1.29 is 4.79 Å². The molecule has 0 saturated carbocycles. The predicted octanol–water partition coefficient (Wildman–Crippen LogP) is 3.97. The maximum atomic E-state index is 12.1. The Morgan fingerprint density at radius 1 is 0.952 bits per heavy atom. The van der Waals surface area contributed by atoms with Crippen LogP contribution in [0.5, 0.6) is 0 Å². The van der Waals surface area contributed by atoms with Gasteiger partial charge in [-0.05, 0) is 56.5 Å². The molecular formula is C18H22N2O. The van der Waals surface area contributed by atoms with Gasteiger partial charge in [0, 0.05) is 11.4 Å². The number of nitrogens with one attached hydrogen (secondary N) is 2. The molecule has 0 aromatic heterocycles. The molecule has 0 aliphatic rings. The van der Waals surface area contributed by atoms with Gasteiger partial charge in [-0.25, -0.2) is 0 Å². The lowest BCUT2D eigenvalue weighted by atomic mass is 10.1. The average molecular weight is 282 g/mol. The van der Waals surface area contributed by atoms with Crippen molar-refractivity contribution in [1.82, 2.24) is 0 Å². The van der Waals surface area contributed by atoms with Crippen molar-refractivity contribution in [2.75, 3.05) is 17.2 Å². The van der Waals surface area contributed by atoms with E-state index in [1.54, 1.807) is 0 Å². The Morgan fingerprint density at radius 3 is 2.24 bits per heavy atom. The molecule has 0 heterocycles. The number of benzene rings is 2. The topological polar surface area (TPSA) is 41.1 Å². The van der Waals surface area contributed by atoms with Crippen molar-refractivity contribution in [3.8, 4) is 0 Å². The maximum Gasteiger partial charge on any atom is 0.243 e. The van der Waals surface area contributed by atoms with E-state index in [-0.39, 0.29) is 12.5 Å². The number of amides is 1. The van der Waals surface area contributed by atoms with Crippen molar-refractivity contribution in [3.05, 3.63) is 58.7 Å². The molecule has 0 spiro atoms. The van der Waals surface area contributed by atoms with Crippen molar-refractivity contribution in [3.63, 3.8) is 0 Å². The standard InChI is InChI=1S/C18H22N2O/c1-12-6-5-7-16(10-12)19-11-17(21)20-18-14(3)8-13(2)9-15(18)4/h5-10,19H,11H2,1-4H3,(H,20,21). The van der Waals surface area contributed by atoms with Crippen LogP contribution in [0.3, 0.4) is 0 Å². The minimum absolute atomic E-state index is 0.0356. The van der Waals surface area contributed by atoms with E-state index >= 15 is 0 Å². The SMILES string of the molecule is Cc1cccc(NCC(=O)Nc2c(C)cc(C)cc2C)c1. The highest BCUT2D eigenvalue weighted by Crippen LogP contribution is 2.21. The highest BCUT2D eigenvalue weighted by molar-refractivity contribution is 5.95. The summed E-state index contributed by atoms with van der Waals surface area (Å²) in [5.41, 5.74) is 6.44. The molecule has 0 unspecified atom stereocenters. The average Bonchev–Trinajstić information content (AvgIpc) is 2.40. The van der Waals surface area contributed by atoms with Gasteiger partial charge in [0.15, 0.2) is 0 Å². The lowest BCUT2D eigenvalue weighted by Gasteiger charge is -2.13. The van der Waals surface area contributed by atoms with Crippen molar-refractivity contribution in [2.24, 2.45) is 0 Å². The van der Waals surface area contributed by atoms with Crippen molar-refractivity contribution >= 4 is 17.3 Å². The molecule has 21 heavy (non-hydrogen) atoms. The first-order valence-corrected chi connectivity index (χ1v) is 7.14. The normalized spacial score (nSPS) is 10.3. The van der Waals surface area contributed by atoms with Gasteiger partial charge in [-0.2, -0.15) is 0 Å². The van der Waals surface area contributed by atoms with Crippen LogP contribution < -0.4 is 10.6 Å². The van der Waals surface area contributed by atoms with E-state index in [1.165, 1.54) is 11.1 Å². The Morgan fingerprint density at radius 2 is 1.62 bits per heavy atom. The summed E-state index contributed by atoms with van der Waals surface area (Å²) in [5, 5.41) is 6.13. The predicted molar refractivity (Wildman–Crippen MR) is 89.0 cm³/mol. The van der Waals surface area contributed by atoms with E-state index in [0.717, 1.165) is 22.5 Å². The summed E-state index contributed by atoms with van der Waals surface area (Å²) in [6.07, 6.45) is 0. The Balaban J connectivity index is 1.99. The minimum Gasteiger partial charge on any atom is -0.376 e. The molecule has 0 fully saturated rings. The number of hydrogen-bond donors (Lipinski definition) is 2. The van der Waals surface area contributed by atoms with Gasteiger partial charge in [-0.1, -0.05) is 29.8 Å². The third-order valence-corrected chi connectivity index (χ3v) is 3.41. The minimum atomic E-state index is -0.0356. The second-order valence-corrected chi connectivity index (χ2v) is 5.54. The first-order valence-electron chi connectivity index (χ1n) is 7.14. The summed E-state index contributed by atoms with van der Waals surface area (Å²) in [7, 11) is 0. The molecule has 3 nitrogen and oxygen atoms in total. The molecule has 1 amide bonds. The maximum absolute atomic E-state index is 12.1. The van der Waals surface area contributed by atoms with Gasteiger partial charge in [-0.15, -0.1) is 0 Å². The molecule has 0 aliphatic carbocycles. The molecule has 0 saturated heterocycles. The number of hydrogen-bond acceptors (Lipinski definition) is 2. The van der Waals surface area contributed by atoms with Crippen LogP contribution in [-0.2, 0) is 4.79 Å². The Kier molecular flexibility index (Phi) is 4.63. The summed E-state index contributed by atoms with van der Waals surface area (Å²) < 4.78 is 0. The molecule has 110 valence electrons. The molecular weight excluding hydrogens is 260 g/mol. The van der Waals surface area contributed by atoms with Crippen molar-refractivity contribution in [2.45, 2.75) is 27.7 Å². The van der Waals surface area contributed by atoms with E-state index in [2.05, 4.69) is 29.7 Å². The monoisotopic (exact) mass is 282 g/mol. The first kappa shape index (κ1) is 15.1. The van der Waals surface area contributed by atoms with Gasteiger partial charge in [-0.3, -0.25) is 4.79 Å². The van der Waals surface area contributed by atoms with Gasteiger partial charge in [0.1, 0.15) is 0 Å². The second kappa shape index (κ2) is 6.44. The highest BCUT2D eigenvalue weighted by atomic mass is 16.1. The smallest absolute Gasteiger partial charge is 0.243 e. The number of carbonyl (C=O) groups excluding carboxylic acids is 1. The molecule has 0 radical (unpaired) electrons. The number of rotatable bonds is 4. The Labute approximate surface area is 126 Å². The van der Waals surface area contributed by atoms with Crippen LogP contribution in [-0.4, -0.2) is 12.5 Å². The summed E-state index contributed by atoms with van der Waals surface area (Å²) in [4.78, 5) is 12.1. The molecule has 0 aliphatic heterocycles. The van der Waals surface area contributed by atoms with Crippen LogP contribution in [0.1, 0.15) is 22.3 Å². The largest absolute Gasteiger partial charge is 0.376 e.